The number of rotatable bonds is 6. The van der Waals surface area contributed by atoms with E-state index < -0.39 is 0 Å². The van der Waals surface area contributed by atoms with Crippen molar-refractivity contribution in [2.45, 2.75) is 26.7 Å². The Morgan fingerprint density at radius 1 is 1.09 bits per heavy atom. The van der Waals surface area contributed by atoms with Gasteiger partial charge in [-0.2, -0.15) is 0 Å². The van der Waals surface area contributed by atoms with E-state index in [0.717, 1.165) is 22.4 Å². The molecule has 0 bridgehead atoms. The summed E-state index contributed by atoms with van der Waals surface area (Å²) in [6.07, 6.45) is 0. The third kappa shape index (κ3) is 5.38. The van der Waals surface area contributed by atoms with Crippen LogP contribution in [0.5, 0.6) is 5.75 Å². The number of benzene rings is 3. The van der Waals surface area contributed by atoms with Crippen molar-refractivity contribution in [3.8, 4) is 17.2 Å². The Morgan fingerprint density at radius 3 is 2.61 bits per heavy atom. The average molecular weight is 460 g/mol. The standard InChI is InChI=1S/C26H25N3O3S/c1-4-31-21-11-8-17(9-12-21)24(30)29-26(33)27-20-7-5-6-19(14-20)25-28-22-15-18(16(2)3)10-13-23(22)32-25/h5-16H,4H2,1-3H3,(H2,27,29,30,33). The lowest BCUT2D eigenvalue weighted by Crippen LogP contribution is -2.34. The lowest BCUT2D eigenvalue weighted by Gasteiger charge is -2.10. The van der Waals surface area contributed by atoms with E-state index in [9.17, 15) is 4.79 Å². The molecule has 1 heterocycles. The van der Waals surface area contributed by atoms with Crippen LogP contribution < -0.4 is 15.4 Å². The zero-order valence-electron chi connectivity index (χ0n) is 18.7. The number of anilines is 1. The highest BCUT2D eigenvalue weighted by Crippen LogP contribution is 2.28. The number of aromatic nitrogens is 1. The topological polar surface area (TPSA) is 76.4 Å². The quantitative estimate of drug-likeness (QED) is 0.337. The molecule has 0 unspecified atom stereocenters. The molecule has 6 nitrogen and oxygen atoms in total. The van der Waals surface area contributed by atoms with Crippen molar-refractivity contribution in [2.75, 3.05) is 11.9 Å². The van der Waals surface area contributed by atoms with Gasteiger partial charge >= 0.3 is 0 Å². The molecule has 0 aliphatic carbocycles. The number of hydrogen-bond donors (Lipinski definition) is 2. The molecule has 2 N–H and O–H groups in total. The molecule has 1 amide bonds. The van der Waals surface area contributed by atoms with Crippen LogP contribution in [0.15, 0.2) is 71.1 Å². The van der Waals surface area contributed by atoms with Crippen LogP contribution in [-0.2, 0) is 0 Å². The van der Waals surface area contributed by atoms with Crippen LogP contribution in [0.4, 0.5) is 5.69 Å². The Labute approximate surface area is 198 Å². The third-order valence-electron chi connectivity index (χ3n) is 5.10. The van der Waals surface area contributed by atoms with Gasteiger partial charge in [0, 0.05) is 16.8 Å². The van der Waals surface area contributed by atoms with Crippen molar-refractivity contribution in [3.63, 3.8) is 0 Å². The first kappa shape index (κ1) is 22.5. The van der Waals surface area contributed by atoms with Gasteiger partial charge in [0.15, 0.2) is 10.7 Å². The van der Waals surface area contributed by atoms with Gasteiger partial charge in [-0.3, -0.25) is 10.1 Å². The number of ether oxygens (including phenoxy) is 1. The van der Waals surface area contributed by atoms with Crippen LogP contribution in [0.25, 0.3) is 22.6 Å². The fourth-order valence-corrected chi connectivity index (χ4v) is 3.57. The first-order chi connectivity index (χ1) is 15.9. The van der Waals surface area contributed by atoms with Crippen LogP contribution in [0.1, 0.15) is 42.6 Å². The molecule has 0 spiro atoms. The van der Waals surface area contributed by atoms with Crippen molar-refractivity contribution in [1.29, 1.82) is 0 Å². The lowest BCUT2D eigenvalue weighted by molar-refractivity contribution is 0.0977. The predicted octanol–water partition coefficient (Wildman–Crippen LogP) is 6.14. The number of hydrogen-bond acceptors (Lipinski definition) is 5. The number of amides is 1. The fraction of sp³-hybridized carbons (Fsp3) is 0.192. The summed E-state index contributed by atoms with van der Waals surface area (Å²) in [4.78, 5) is 17.1. The van der Waals surface area contributed by atoms with E-state index in [1.807, 2.05) is 37.3 Å². The zero-order valence-corrected chi connectivity index (χ0v) is 19.5. The smallest absolute Gasteiger partial charge is 0.257 e. The molecular formula is C26H25N3O3S. The monoisotopic (exact) mass is 459 g/mol. The van der Waals surface area contributed by atoms with Crippen LogP contribution in [0.3, 0.4) is 0 Å². The Balaban J connectivity index is 1.45. The van der Waals surface area contributed by atoms with Crippen LogP contribution in [-0.4, -0.2) is 22.6 Å². The summed E-state index contributed by atoms with van der Waals surface area (Å²) in [5.74, 6) is 1.36. The minimum Gasteiger partial charge on any atom is -0.494 e. The summed E-state index contributed by atoms with van der Waals surface area (Å²) in [5.41, 5.74) is 4.80. The maximum absolute atomic E-state index is 12.5. The Morgan fingerprint density at radius 2 is 1.88 bits per heavy atom. The molecule has 33 heavy (non-hydrogen) atoms. The number of fused-ring (bicyclic) bond motifs is 1. The SMILES string of the molecule is CCOc1ccc(C(=O)NC(=S)Nc2cccc(-c3nc4cc(C(C)C)ccc4o3)c2)cc1. The largest absolute Gasteiger partial charge is 0.494 e. The van der Waals surface area contributed by atoms with Gasteiger partial charge in [0.1, 0.15) is 11.3 Å². The highest BCUT2D eigenvalue weighted by Gasteiger charge is 2.12. The first-order valence-electron chi connectivity index (χ1n) is 10.8. The van der Waals surface area contributed by atoms with Gasteiger partial charge in [-0.05, 0) is 85.2 Å². The molecule has 3 aromatic carbocycles. The zero-order chi connectivity index (χ0) is 23.4. The summed E-state index contributed by atoms with van der Waals surface area (Å²) in [6, 6.07) is 20.5. The van der Waals surface area contributed by atoms with Crippen molar-refractivity contribution in [1.82, 2.24) is 10.3 Å². The second-order valence-corrected chi connectivity index (χ2v) is 8.26. The fourth-order valence-electron chi connectivity index (χ4n) is 3.36. The van der Waals surface area contributed by atoms with Crippen LogP contribution in [0.2, 0.25) is 0 Å². The first-order valence-corrected chi connectivity index (χ1v) is 11.2. The maximum Gasteiger partial charge on any atom is 0.257 e. The van der Waals surface area contributed by atoms with E-state index in [1.54, 1.807) is 24.3 Å². The molecule has 4 aromatic rings. The Kier molecular flexibility index (Phi) is 6.70. The molecule has 168 valence electrons. The van der Waals surface area contributed by atoms with Gasteiger partial charge in [-0.25, -0.2) is 4.98 Å². The molecule has 0 atom stereocenters. The number of nitrogens with one attached hydrogen (secondary N) is 2. The van der Waals surface area contributed by atoms with E-state index in [1.165, 1.54) is 5.56 Å². The summed E-state index contributed by atoms with van der Waals surface area (Å²) in [6.45, 7) is 6.78. The molecule has 4 rings (SSSR count). The van der Waals surface area contributed by atoms with Gasteiger partial charge < -0.3 is 14.5 Å². The van der Waals surface area contributed by atoms with Crippen molar-refractivity contribution in [2.24, 2.45) is 0 Å². The minimum absolute atomic E-state index is 0.199. The van der Waals surface area contributed by atoms with Crippen LogP contribution >= 0.6 is 12.2 Å². The van der Waals surface area contributed by atoms with Gasteiger partial charge in [0.2, 0.25) is 5.89 Å². The summed E-state index contributed by atoms with van der Waals surface area (Å²) >= 11 is 5.32. The van der Waals surface area contributed by atoms with E-state index >= 15 is 0 Å². The van der Waals surface area contributed by atoms with E-state index in [-0.39, 0.29) is 11.0 Å². The van der Waals surface area contributed by atoms with Gasteiger partial charge in [-0.15, -0.1) is 0 Å². The molecule has 0 saturated heterocycles. The molecule has 0 saturated carbocycles. The summed E-state index contributed by atoms with van der Waals surface area (Å²) < 4.78 is 11.3. The number of nitrogens with zero attached hydrogens (tertiary/aromatic N) is 1. The molecule has 7 heteroatoms. The van der Waals surface area contributed by atoms with Crippen molar-refractivity contribution < 1.29 is 13.9 Å². The molecular weight excluding hydrogens is 434 g/mol. The molecule has 0 radical (unpaired) electrons. The molecule has 0 fully saturated rings. The molecule has 0 aliphatic rings. The summed E-state index contributed by atoms with van der Waals surface area (Å²) in [5, 5.41) is 5.94. The van der Waals surface area contributed by atoms with E-state index in [0.29, 0.717) is 29.7 Å². The predicted molar refractivity (Wildman–Crippen MR) is 135 cm³/mol. The van der Waals surface area contributed by atoms with Gasteiger partial charge in [0.05, 0.1) is 6.61 Å². The number of thiocarbonyl (C=S) groups is 1. The third-order valence-corrected chi connectivity index (χ3v) is 5.30. The minimum atomic E-state index is -0.299. The van der Waals surface area contributed by atoms with E-state index in [4.69, 9.17) is 21.4 Å². The summed E-state index contributed by atoms with van der Waals surface area (Å²) in [7, 11) is 0. The van der Waals surface area contributed by atoms with Crippen LogP contribution in [0, 0.1) is 0 Å². The van der Waals surface area contributed by atoms with E-state index in [2.05, 4.69) is 41.6 Å². The van der Waals surface area contributed by atoms with Crippen molar-refractivity contribution in [3.05, 3.63) is 77.9 Å². The number of carbonyl (C=O) groups is 1. The highest BCUT2D eigenvalue weighted by atomic mass is 32.1. The average Bonchev–Trinajstić information content (AvgIpc) is 3.23. The van der Waals surface area contributed by atoms with Gasteiger partial charge in [0.25, 0.3) is 5.91 Å². The molecule has 1 aromatic heterocycles. The normalized spacial score (nSPS) is 10.9. The van der Waals surface area contributed by atoms with Crippen molar-refractivity contribution >= 4 is 40.0 Å². The molecule has 0 aliphatic heterocycles. The van der Waals surface area contributed by atoms with Gasteiger partial charge in [-0.1, -0.05) is 26.0 Å². The number of oxazole rings is 1. The maximum atomic E-state index is 12.5. The second kappa shape index (κ2) is 9.83. The highest BCUT2D eigenvalue weighted by molar-refractivity contribution is 7.80. The number of carbonyl (C=O) groups excluding carboxylic acids is 1. The Hall–Kier alpha value is -3.71. The second-order valence-electron chi connectivity index (χ2n) is 7.85. The Bertz CT molecular complexity index is 1300. The lowest BCUT2D eigenvalue weighted by atomic mass is 10.0.